The van der Waals surface area contributed by atoms with Gasteiger partial charge in [-0.25, -0.2) is 4.98 Å². The van der Waals surface area contributed by atoms with E-state index in [-0.39, 0.29) is 5.91 Å². The van der Waals surface area contributed by atoms with Crippen molar-refractivity contribution in [1.29, 1.82) is 0 Å². The Labute approximate surface area is 160 Å². The highest BCUT2D eigenvalue weighted by molar-refractivity contribution is 6.07. The summed E-state index contributed by atoms with van der Waals surface area (Å²) >= 11 is 0. The fourth-order valence-electron chi connectivity index (χ4n) is 3.81. The van der Waals surface area contributed by atoms with Gasteiger partial charge in [-0.3, -0.25) is 4.79 Å². The van der Waals surface area contributed by atoms with Crippen molar-refractivity contribution in [3.63, 3.8) is 0 Å². The van der Waals surface area contributed by atoms with Crippen LogP contribution in [0.5, 0.6) is 0 Å². The molecule has 1 saturated heterocycles. The number of carbonyl (C=O) groups excluding carboxylic acids is 1. The standard InChI is InChI=1S/C22H26N4O/c1-16-7-8-19-17(14-16)18(15-20(24-19)21-6-5-10-25(21)2)22(27)23-9-13-26-11-3-4-12-26/h5-8,10,14-15H,3-4,9,11-13H2,1-2H3,(H,23,27). The molecular formula is C22H26N4O. The maximum Gasteiger partial charge on any atom is 0.252 e. The fraction of sp³-hybridized carbons (Fsp3) is 0.364. The van der Waals surface area contributed by atoms with Crippen LogP contribution in [0.1, 0.15) is 28.8 Å². The van der Waals surface area contributed by atoms with E-state index >= 15 is 0 Å². The molecule has 1 aliphatic rings. The molecule has 1 amide bonds. The Kier molecular flexibility index (Phi) is 4.94. The minimum absolute atomic E-state index is 0.0253. The quantitative estimate of drug-likeness (QED) is 0.757. The number of nitrogens with zero attached hydrogens (tertiary/aromatic N) is 3. The number of aryl methyl sites for hydroxylation is 2. The maximum absolute atomic E-state index is 13.0. The molecule has 0 radical (unpaired) electrons. The monoisotopic (exact) mass is 362 g/mol. The van der Waals surface area contributed by atoms with E-state index < -0.39 is 0 Å². The molecule has 140 valence electrons. The Morgan fingerprint density at radius 1 is 1.19 bits per heavy atom. The number of likely N-dealkylation sites (tertiary alicyclic amines) is 1. The van der Waals surface area contributed by atoms with E-state index in [1.165, 1.54) is 12.8 Å². The van der Waals surface area contributed by atoms with Gasteiger partial charge in [0, 0.05) is 31.7 Å². The molecule has 0 saturated carbocycles. The first-order valence-corrected chi connectivity index (χ1v) is 9.65. The third-order valence-corrected chi connectivity index (χ3v) is 5.33. The number of hydrogen-bond donors (Lipinski definition) is 1. The lowest BCUT2D eigenvalue weighted by Crippen LogP contribution is -2.33. The lowest BCUT2D eigenvalue weighted by atomic mass is 10.0. The summed E-state index contributed by atoms with van der Waals surface area (Å²) in [5.41, 5.74) is 4.50. The van der Waals surface area contributed by atoms with Crippen LogP contribution in [0.25, 0.3) is 22.3 Å². The van der Waals surface area contributed by atoms with Crippen LogP contribution < -0.4 is 5.32 Å². The van der Waals surface area contributed by atoms with Crippen LogP contribution in [0.2, 0.25) is 0 Å². The van der Waals surface area contributed by atoms with Gasteiger partial charge in [-0.2, -0.15) is 0 Å². The van der Waals surface area contributed by atoms with Crippen LogP contribution in [0.3, 0.4) is 0 Å². The van der Waals surface area contributed by atoms with Gasteiger partial charge in [-0.15, -0.1) is 0 Å². The summed E-state index contributed by atoms with van der Waals surface area (Å²) in [4.78, 5) is 20.2. The van der Waals surface area contributed by atoms with Crippen LogP contribution in [0, 0.1) is 6.92 Å². The molecule has 2 aromatic heterocycles. The summed E-state index contributed by atoms with van der Waals surface area (Å²) < 4.78 is 2.03. The number of fused-ring (bicyclic) bond motifs is 1. The zero-order valence-corrected chi connectivity index (χ0v) is 16.0. The van der Waals surface area contributed by atoms with Gasteiger partial charge in [0.1, 0.15) is 0 Å². The van der Waals surface area contributed by atoms with Gasteiger partial charge in [0.25, 0.3) is 5.91 Å². The summed E-state index contributed by atoms with van der Waals surface area (Å²) in [6, 6.07) is 12.0. The number of aromatic nitrogens is 2. The highest BCUT2D eigenvalue weighted by atomic mass is 16.1. The van der Waals surface area contributed by atoms with E-state index in [4.69, 9.17) is 4.98 Å². The average Bonchev–Trinajstić information content (AvgIpc) is 3.32. The van der Waals surface area contributed by atoms with Gasteiger partial charge in [0.15, 0.2) is 0 Å². The Balaban J connectivity index is 1.65. The SMILES string of the molecule is Cc1ccc2nc(-c3cccn3C)cc(C(=O)NCCN3CCCC3)c2c1. The molecule has 0 spiro atoms. The number of nitrogens with one attached hydrogen (secondary N) is 1. The second-order valence-corrected chi connectivity index (χ2v) is 7.38. The molecule has 5 heteroatoms. The Morgan fingerprint density at radius 3 is 2.74 bits per heavy atom. The largest absolute Gasteiger partial charge is 0.351 e. The van der Waals surface area contributed by atoms with Crippen LogP contribution in [0.15, 0.2) is 42.6 Å². The van der Waals surface area contributed by atoms with Gasteiger partial charge >= 0.3 is 0 Å². The average molecular weight is 362 g/mol. The highest BCUT2D eigenvalue weighted by Gasteiger charge is 2.16. The second-order valence-electron chi connectivity index (χ2n) is 7.38. The second kappa shape index (κ2) is 7.53. The molecule has 4 rings (SSSR count). The number of carbonyl (C=O) groups is 1. The van der Waals surface area contributed by atoms with Crippen molar-refractivity contribution in [3.05, 3.63) is 53.7 Å². The Bertz CT molecular complexity index is 970. The van der Waals surface area contributed by atoms with E-state index in [2.05, 4.69) is 10.2 Å². The van der Waals surface area contributed by atoms with E-state index in [0.717, 1.165) is 47.5 Å². The normalized spacial score (nSPS) is 14.7. The van der Waals surface area contributed by atoms with Crippen molar-refractivity contribution >= 4 is 16.8 Å². The molecule has 3 heterocycles. The first-order valence-electron chi connectivity index (χ1n) is 9.65. The van der Waals surface area contributed by atoms with Crippen molar-refractivity contribution < 1.29 is 4.79 Å². The molecule has 1 aromatic carbocycles. The van der Waals surface area contributed by atoms with Crippen LogP contribution >= 0.6 is 0 Å². The number of benzene rings is 1. The fourth-order valence-corrected chi connectivity index (χ4v) is 3.81. The van der Waals surface area contributed by atoms with Crippen LogP contribution in [0.4, 0.5) is 0 Å². The molecule has 0 aliphatic carbocycles. The van der Waals surface area contributed by atoms with Gasteiger partial charge in [0.2, 0.25) is 0 Å². The van der Waals surface area contributed by atoms with Crippen molar-refractivity contribution in [2.45, 2.75) is 19.8 Å². The molecule has 0 unspecified atom stereocenters. The summed E-state index contributed by atoms with van der Waals surface area (Å²) in [5, 5.41) is 4.02. The predicted molar refractivity (Wildman–Crippen MR) is 109 cm³/mol. The zero-order chi connectivity index (χ0) is 18.8. The number of rotatable bonds is 5. The molecule has 0 atom stereocenters. The minimum Gasteiger partial charge on any atom is -0.351 e. The smallest absolute Gasteiger partial charge is 0.252 e. The number of pyridine rings is 1. The van der Waals surface area contributed by atoms with Crippen molar-refractivity contribution in [2.75, 3.05) is 26.2 Å². The van der Waals surface area contributed by atoms with Crippen molar-refractivity contribution in [3.8, 4) is 11.4 Å². The first-order chi connectivity index (χ1) is 13.1. The highest BCUT2D eigenvalue weighted by Crippen LogP contribution is 2.26. The van der Waals surface area contributed by atoms with E-state index in [9.17, 15) is 4.79 Å². The van der Waals surface area contributed by atoms with Crippen LogP contribution in [-0.4, -0.2) is 46.5 Å². The third kappa shape index (κ3) is 3.74. The summed E-state index contributed by atoms with van der Waals surface area (Å²) in [5.74, 6) is -0.0253. The first kappa shape index (κ1) is 17.7. The maximum atomic E-state index is 13.0. The van der Waals surface area contributed by atoms with Crippen molar-refractivity contribution in [2.24, 2.45) is 7.05 Å². The van der Waals surface area contributed by atoms with Gasteiger partial charge in [-0.05, 0) is 63.2 Å². The van der Waals surface area contributed by atoms with Gasteiger partial charge < -0.3 is 14.8 Å². The predicted octanol–water partition coefficient (Wildman–Crippen LogP) is 3.37. The minimum atomic E-state index is -0.0253. The zero-order valence-electron chi connectivity index (χ0n) is 16.0. The van der Waals surface area contributed by atoms with E-state index in [1.54, 1.807) is 0 Å². The molecule has 1 aliphatic heterocycles. The van der Waals surface area contributed by atoms with E-state index in [1.807, 2.05) is 61.1 Å². The van der Waals surface area contributed by atoms with Gasteiger partial charge in [0.05, 0.1) is 22.5 Å². The molecule has 1 fully saturated rings. The number of hydrogen-bond acceptors (Lipinski definition) is 3. The molecule has 27 heavy (non-hydrogen) atoms. The number of amides is 1. The summed E-state index contributed by atoms with van der Waals surface area (Å²) in [7, 11) is 1.99. The molecule has 1 N–H and O–H groups in total. The molecule has 0 bridgehead atoms. The Hall–Kier alpha value is -2.66. The van der Waals surface area contributed by atoms with Crippen molar-refractivity contribution in [1.82, 2.24) is 19.8 Å². The van der Waals surface area contributed by atoms with Gasteiger partial charge in [-0.1, -0.05) is 11.6 Å². The Morgan fingerprint density at radius 2 is 2.00 bits per heavy atom. The molecule has 5 nitrogen and oxygen atoms in total. The van der Waals surface area contributed by atoms with Crippen LogP contribution in [-0.2, 0) is 7.05 Å². The molecular weight excluding hydrogens is 336 g/mol. The van der Waals surface area contributed by atoms with E-state index in [0.29, 0.717) is 12.1 Å². The molecule has 3 aromatic rings. The topological polar surface area (TPSA) is 50.2 Å². The third-order valence-electron chi connectivity index (χ3n) is 5.33. The lowest BCUT2D eigenvalue weighted by Gasteiger charge is -2.15. The lowest BCUT2D eigenvalue weighted by molar-refractivity contribution is 0.0951. The summed E-state index contributed by atoms with van der Waals surface area (Å²) in [6.07, 6.45) is 4.52. The summed E-state index contributed by atoms with van der Waals surface area (Å²) in [6.45, 7) is 5.92.